The summed E-state index contributed by atoms with van der Waals surface area (Å²) in [5.41, 5.74) is 0.881. The Hall–Kier alpha value is -1.22. The molecule has 1 aromatic rings. The number of hydrogen-bond acceptors (Lipinski definition) is 2. The van der Waals surface area contributed by atoms with Crippen molar-refractivity contribution < 1.29 is 9.18 Å². The summed E-state index contributed by atoms with van der Waals surface area (Å²) < 4.78 is 12.8. The van der Waals surface area contributed by atoms with E-state index in [2.05, 4.69) is 25.7 Å². The number of carbonyl (C=O) groups excluding carboxylic acids is 1. The SMILES string of the molecule is CCC(C)CN(CC)CC(=O)Cc1ccc(F)cc1. The van der Waals surface area contributed by atoms with Crippen molar-refractivity contribution in [3.05, 3.63) is 35.6 Å². The van der Waals surface area contributed by atoms with Gasteiger partial charge in [-0.25, -0.2) is 4.39 Å². The van der Waals surface area contributed by atoms with Crippen LogP contribution in [0.25, 0.3) is 0 Å². The molecule has 0 fully saturated rings. The fourth-order valence-corrected chi connectivity index (χ4v) is 2.01. The quantitative estimate of drug-likeness (QED) is 0.719. The Morgan fingerprint density at radius 1 is 1.26 bits per heavy atom. The van der Waals surface area contributed by atoms with Crippen molar-refractivity contribution in [2.24, 2.45) is 5.92 Å². The van der Waals surface area contributed by atoms with Gasteiger partial charge in [0.15, 0.2) is 5.78 Å². The van der Waals surface area contributed by atoms with Crippen LogP contribution in [0.15, 0.2) is 24.3 Å². The van der Waals surface area contributed by atoms with Crippen LogP contribution in [0.2, 0.25) is 0 Å². The summed E-state index contributed by atoms with van der Waals surface area (Å²) in [6.07, 6.45) is 1.51. The van der Waals surface area contributed by atoms with Gasteiger partial charge in [0, 0.05) is 13.0 Å². The van der Waals surface area contributed by atoms with Crippen LogP contribution in [0.5, 0.6) is 0 Å². The lowest BCUT2D eigenvalue weighted by Gasteiger charge is -2.22. The molecule has 1 rings (SSSR count). The molecule has 0 heterocycles. The van der Waals surface area contributed by atoms with Crippen molar-refractivity contribution in [2.45, 2.75) is 33.6 Å². The molecule has 1 aromatic carbocycles. The van der Waals surface area contributed by atoms with Crippen LogP contribution in [0, 0.1) is 11.7 Å². The number of benzene rings is 1. The van der Waals surface area contributed by atoms with Gasteiger partial charge in [-0.2, -0.15) is 0 Å². The molecular weight excluding hydrogens is 241 g/mol. The number of ketones is 1. The average molecular weight is 265 g/mol. The lowest BCUT2D eigenvalue weighted by atomic mass is 10.1. The lowest BCUT2D eigenvalue weighted by Crippen LogP contribution is -2.34. The monoisotopic (exact) mass is 265 g/mol. The van der Waals surface area contributed by atoms with Crippen molar-refractivity contribution >= 4 is 5.78 Å². The van der Waals surface area contributed by atoms with E-state index in [0.29, 0.717) is 18.9 Å². The molecule has 0 N–H and O–H groups in total. The molecule has 19 heavy (non-hydrogen) atoms. The number of carbonyl (C=O) groups is 1. The second-order valence-corrected chi connectivity index (χ2v) is 5.18. The van der Waals surface area contributed by atoms with E-state index < -0.39 is 0 Å². The third kappa shape index (κ3) is 5.97. The lowest BCUT2D eigenvalue weighted by molar-refractivity contribution is -0.119. The van der Waals surface area contributed by atoms with Crippen LogP contribution in [0.3, 0.4) is 0 Å². The molecule has 106 valence electrons. The number of likely N-dealkylation sites (N-methyl/N-ethyl adjacent to an activating group) is 1. The summed E-state index contributed by atoms with van der Waals surface area (Å²) in [5.74, 6) is 0.540. The highest BCUT2D eigenvalue weighted by atomic mass is 19.1. The highest BCUT2D eigenvalue weighted by molar-refractivity contribution is 5.82. The molecule has 1 unspecified atom stereocenters. The van der Waals surface area contributed by atoms with Crippen molar-refractivity contribution in [2.75, 3.05) is 19.6 Å². The van der Waals surface area contributed by atoms with Crippen molar-refractivity contribution in [3.63, 3.8) is 0 Å². The molecule has 0 aliphatic heterocycles. The van der Waals surface area contributed by atoms with Crippen LogP contribution >= 0.6 is 0 Å². The zero-order valence-electron chi connectivity index (χ0n) is 12.2. The van der Waals surface area contributed by atoms with Crippen LogP contribution in [-0.2, 0) is 11.2 Å². The average Bonchev–Trinajstić information content (AvgIpc) is 2.40. The summed E-state index contributed by atoms with van der Waals surface area (Å²) in [5, 5.41) is 0. The number of hydrogen-bond donors (Lipinski definition) is 0. The molecular formula is C16H24FNO. The predicted molar refractivity (Wildman–Crippen MR) is 76.7 cm³/mol. The van der Waals surface area contributed by atoms with Gasteiger partial charge in [0.25, 0.3) is 0 Å². The van der Waals surface area contributed by atoms with Gasteiger partial charge >= 0.3 is 0 Å². The molecule has 0 saturated carbocycles. The maximum Gasteiger partial charge on any atom is 0.151 e. The summed E-state index contributed by atoms with van der Waals surface area (Å²) in [7, 11) is 0. The second-order valence-electron chi connectivity index (χ2n) is 5.18. The van der Waals surface area contributed by atoms with Crippen LogP contribution in [0.4, 0.5) is 4.39 Å². The van der Waals surface area contributed by atoms with E-state index in [1.54, 1.807) is 12.1 Å². The molecule has 0 spiro atoms. The van der Waals surface area contributed by atoms with E-state index in [-0.39, 0.29) is 11.6 Å². The summed E-state index contributed by atoms with van der Waals surface area (Å²) in [4.78, 5) is 14.2. The predicted octanol–water partition coefficient (Wildman–Crippen LogP) is 3.31. The first-order valence-electron chi connectivity index (χ1n) is 7.03. The summed E-state index contributed by atoms with van der Waals surface area (Å²) >= 11 is 0. The van der Waals surface area contributed by atoms with Gasteiger partial charge in [0.05, 0.1) is 6.54 Å². The van der Waals surface area contributed by atoms with Gasteiger partial charge in [-0.05, 0) is 30.2 Å². The summed E-state index contributed by atoms with van der Waals surface area (Å²) in [6.45, 7) is 8.78. The second kappa shape index (κ2) is 8.05. The first-order chi connectivity index (χ1) is 9.05. The van der Waals surface area contributed by atoms with E-state index in [1.165, 1.54) is 12.1 Å². The number of halogens is 1. The third-order valence-electron chi connectivity index (χ3n) is 3.43. The maximum absolute atomic E-state index is 12.8. The first-order valence-corrected chi connectivity index (χ1v) is 7.03. The van der Waals surface area contributed by atoms with Gasteiger partial charge in [-0.1, -0.05) is 39.3 Å². The minimum atomic E-state index is -0.261. The van der Waals surface area contributed by atoms with Gasteiger partial charge in [0.2, 0.25) is 0 Å². The fourth-order valence-electron chi connectivity index (χ4n) is 2.01. The molecule has 2 nitrogen and oxygen atoms in total. The summed E-state index contributed by atoms with van der Waals surface area (Å²) in [6, 6.07) is 6.16. The molecule has 0 aliphatic carbocycles. The van der Waals surface area contributed by atoms with E-state index in [4.69, 9.17) is 0 Å². The smallest absolute Gasteiger partial charge is 0.151 e. The van der Waals surface area contributed by atoms with E-state index in [0.717, 1.165) is 25.1 Å². The molecule has 0 amide bonds. The molecule has 0 radical (unpaired) electrons. The van der Waals surface area contributed by atoms with Crippen LogP contribution < -0.4 is 0 Å². The molecule has 1 atom stereocenters. The van der Waals surface area contributed by atoms with Gasteiger partial charge in [-0.3, -0.25) is 9.69 Å². The molecule has 0 bridgehead atoms. The Morgan fingerprint density at radius 3 is 2.42 bits per heavy atom. The molecule has 3 heteroatoms. The molecule has 0 saturated heterocycles. The topological polar surface area (TPSA) is 20.3 Å². The van der Waals surface area contributed by atoms with Gasteiger partial charge < -0.3 is 0 Å². The van der Waals surface area contributed by atoms with E-state index >= 15 is 0 Å². The molecule has 0 aromatic heterocycles. The number of Topliss-reactive ketones (excluding diaryl/α,β-unsaturated/α-hetero) is 1. The zero-order valence-corrected chi connectivity index (χ0v) is 12.2. The van der Waals surface area contributed by atoms with Gasteiger partial charge in [-0.15, -0.1) is 0 Å². The van der Waals surface area contributed by atoms with Gasteiger partial charge in [0.1, 0.15) is 5.82 Å². The van der Waals surface area contributed by atoms with Crippen LogP contribution in [-0.4, -0.2) is 30.3 Å². The number of nitrogens with zero attached hydrogens (tertiary/aromatic N) is 1. The molecule has 0 aliphatic rings. The van der Waals surface area contributed by atoms with Crippen molar-refractivity contribution in [1.82, 2.24) is 4.90 Å². The Morgan fingerprint density at radius 2 is 1.89 bits per heavy atom. The Kier molecular flexibility index (Phi) is 6.71. The highest BCUT2D eigenvalue weighted by Gasteiger charge is 2.12. The normalized spacial score (nSPS) is 12.7. The van der Waals surface area contributed by atoms with Crippen molar-refractivity contribution in [3.8, 4) is 0 Å². The maximum atomic E-state index is 12.8. The van der Waals surface area contributed by atoms with Crippen molar-refractivity contribution in [1.29, 1.82) is 0 Å². The minimum Gasteiger partial charge on any atom is -0.298 e. The zero-order chi connectivity index (χ0) is 14.3. The van der Waals surface area contributed by atoms with E-state index in [9.17, 15) is 9.18 Å². The van der Waals surface area contributed by atoms with E-state index in [1.807, 2.05) is 0 Å². The Labute approximate surface area is 115 Å². The van der Waals surface area contributed by atoms with Crippen LogP contribution in [0.1, 0.15) is 32.8 Å². The highest BCUT2D eigenvalue weighted by Crippen LogP contribution is 2.07. The fraction of sp³-hybridized carbons (Fsp3) is 0.562. The Bertz CT molecular complexity index is 388. The largest absolute Gasteiger partial charge is 0.298 e. The minimum absolute atomic E-state index is 0.191. The standard InChI is InChI=1S/C16H24FNO/c1-4-13(3)11-18(5-2)12-16(19)10-14-6-8-15(17)9-7-14/h6-9,13H,4-5,10-12H2,1-3H3. The Balaban J connectivity index is 2.46. The number of rotatable bonds is 8. The third-order valence-corrected chi connectivity index (χ3v) is 3.43. The first kappa shape index (κ1) is 15.8.